The number of benzene rings is 1. The quantitative estimate of drug-likeness (QED) is 0.568. The van der Waals surface area contributed by atoms with Crippen molar-refractivity contribution in [2.45, 2.75) is 19.9 Å². The van der Waals surface area contributed by atoms with Crippen LogP contribution in [0.4, 0.5) is 8.78 Å². The number of aromatic nitrogens is 5. The normalized spacial score (nSPS) is 11.1. The van der Waals surface area contributed by atoms with Crippen molar-refractivity contribution >= 4 is 11.6 Å². The van der Waals surface area contributed by atoms with Crippen LogP contribution in [-0.2, 0) is 13.0 Å². The van der Waals surface area contributed by atoms with Gasteiger partial charge in [0.25, 0.3) is 11.8 Å². The Labute approximate surface area is 157 Å². The molecule has 0 aliphatic rings. The van der Waals surface area contributed by atoms with E-state index in [2.05, 4.69) is 25.7 Å². The van der Waals surface area contributed by atoms with Gasteiger partial charge in [0.05, 0.1) is 6.54 Å². The van der Waals surface area contributed by atoms with Gasteiger partial charge in [-0.15, -0.1) is 10.2 Å². The Bertz CT molecular complexity index is 1150. The van der Waals surface area contributed by atoms with Gasteiger partial charge < -0.3 is 9.84 Å². The molecule has 0 aliphatic carbocycles. The monoisotopic (exact) mass is 384 g/mol. The number of aryl methyl sites for hydroxylation is 1. The fourth-order valence-corrected chi connectivity index (χ4v) is 2.67. The smallest absolute Gasteiger partial charge is 0.258 e. The topological polar surface area (TPSA) is 98.2 Å². The van der Waals surface area contributed by atoms with E-state index in [0.29, 0.717) is 35.2 Å². The first kappa shape index (κ1) is 17.7. The maximum absolute atomic E-state index is 13.7. The van der Waals surface area contributed by atoms with Crippen molar-refractivity contribution in [3.05, 3.63) is 65.4 Å². The molecular formula is C18H14F2N6O2. The molecule has 1 N–H and O–H groups in total. The van der Waals surface area contributed by atoms with E-state index in [4.69, 9.17) is 4.52 Å². The van der Waals surface area contributed by atoms with E-state index in [1.807, 2.05) is 6.92 Å². The highest BCUT2D eigenvalue weighted by atomic mass is 19.1. The average Bonchev–Trinajstić information content (AvgIpc) is 3.32. The van der Waals surface area contributed by atoms with Crippen LogP contribution in [0.5, 0.6) is 0 Å². The van der Waals surface area contributed by atoms with Gasteiger partial charge in [0.15, 0.2) is 17.3 Å². The molecule has 10 heteroatoms. The number of carbonyl (C=O) groups excluding carboxylic acids is 1. The van der Waals surface area contributed by atoms with Gasteiger partial charge in [0.1, 0.15) is 17.2 Å². The minimum Gasteiger partial charge on any atom is -0.345 e. The molecule has 0 fully saturated rings. The zero-order valence-corrected chi connectivity index (χ0v) is 14.7. The zero-order valence-electron chi connectivity index (χ0n) is 14.7. The molecule has 8 nitrogen and oxygen atoms in total. The summed E-state index contributed by atoms with van der Waals surface area (Å²) in [5, 5.41) is 14.3. The SMILES string of the molecule is CCc1noc(-c2ccn3c(CNC(=O)c4c(F)cccc4F)nnc3c2)n1. The third-order valence-corrected chi connectivity index (χ3v) is 4.11. The van der Waals surface area contributed by atoms with Crippen molar-refractivity contribution in [2.24, 2.45) is 0 Å². The lowest BCUT2D eigenvalue weighted by atomic mass is 10.2. The molecule has 0 saturated carbocycles. The van der Waals surface area contributed by atoms with Gasteiger partial charge in [-0.25, -0.2) is 8.78 Å². The molecule has 1 aromatic carbocycles. The Hall–Kier alpha value is -3.69. The number of pyridine rings is 1. The molecule has 142 valence electrons. The van der Waals surface area contributed by atoms with E-state index in [-0.39, 0.29) is 6.54 Å². The molecule has 0 spiro atoms. The highest BCUT2D eigenvalue weighted by Crippen LogP contribution is 2.19. The number of nitrogens with one attached hydrogen (secondary N) is 1. The molecule has 4 aromatic rings. The minimum absolute atomic E-state index is 0.0618. The first-order chi connectivity index (χ1) is 13.6. The standard InChI is InChI=1S/C18H14F2N6O2/c1-2-13-22-18(28-25-13)10-6-7-26-14(8-10)23-24-15(26)9-21-17(27)16-11(19)4-3-5-12(16)20/h3-8H,2,9H2,1H3,(H,21,27). The predicted molar refractivity (Wildman–Crippen MR) is 93.2 cm³/mol. The van der Waals surface area contributed by atoms with Gasteiger partial charge in [-0.05, 0) is 24.3 Å². The van der Waals surface area contributed by atoms with Crippen LogP contribution in [0.3, 0.4) is 0 Å². The summed E-state index contributed by atoms with van der Waals surface area (Å²) in [6.07, 6.45) is 2.34. The number of halogens is 2. The number of nitrogens with zero attached hydrogens (tertiary/aromatic N) is 5. The molecule has 4 rings (SSSR count). The summed E-state index contributed by atoms with van der Waals surface area (Å²) in [6.45, 7) is 1.86. The summed E-state index contributed by atoms with van der Waals surface area (Å²) < 4.78 is 34.2. The second-order valence-electron chi connectivity index (χ2n) is 5.91. The summed E-state index contributed by atoms with van der Waals surface area (Å²) in [7, 11) is 0. The largest absolute Gasteiger partial charge is 0.345 e. The van der Waals surface area contributed by atoms with E-state index in [9.17, 15) is 13.6 Å². The molecule has 1 amide bonds. The summed E-state index contributed by atoms with van der Waals surface area (Å²) >= 11 is 0. The van der Waals surface area contributed by atoms with E-state index < -0.39 is 23.1 Å². The first-order valence-corrected chi connectivity index (χ1v) is 8.45. The van der Waals surface area contributed by atoms with Gasteiger partial charge in [0, 0.05) is 18.2 Å². The molecular weight excluding hydrogens is 370 g/mol. The van der Waals surface area contributed by atoms with E-state index in [1.165, 1.54) is 6.07 Å². The Morgan fingerprint density at radius 1 is 1.21 bits per heavy atom. The third-order valence-electron chi connectivity index (χ3n) is 4.11. The fraction of sp³-hybridized carbons (Fsp3) is 0.167. The molecule has 0 unspecified atom stereocenters. The van der Waals surface area contributed by atoms with Crippen molar-refractivity contribution < 1.29 is 18.1 Å². The van der Waals surface area contributed by atoms with Crippen LogP contribution in [0.1, 0.15) is 28.9 Å². The maximum atomic E-state index is 13.7. The summed E-state index contributed by atoms with van der Waals surface area (Å²) in [5.74, 6) is -1.38. The average molecular weight is 384 g/mol. The number of fused-ring (bicyclic) bond motifs is 1. The maximum Gasteiger partial charge on any atom is 0.258 e. The van der Waals surface area contributed by atoms with Gasteiger partial charge in [0.2, 0.25) is 0 Å². The van der Waals surface area contributed by atoms with Gasteiger partial charge in [-0.2, -0.15) is 4.98 Å². The minimum atomic E-state index is -0.931. The van der Waals surface area contributed by atoms with Crippen LogP contribution >= 0.6 is 0 Å². The lowest BCUT2D eigenvalue weighted by Gasteiger charge is -2.06. The van der Waals surface area contributed by atoms with Crippen molar-refractivity contribution in [2.75, 3.05) is 0 Å². The fourth-order valence-electron chi connectivity index (χ4n) is 2.67. The van der Waals surface area contributed by atoms with Gasteiger partial charge >= 0.3 is 0 Å². The van der Waals surface area contributed by atoms with Crippen LogP contribution in [0.15, 0.2) is 41.1 Å². The van der Waals surface area contributed by atoms with Crippen molar-refractivity contribution in [3.63, 3.8) is 0 Å². The molecule has 0 saturated heterocycles. The molecule has 0 bridgehead atoms. The number of hydrogen-bond donors (Lipinski definition) is 1. The van der Waals surface area contributed by atoms with Gasteiger partial charge in [-0.3, -0.25) is 9.20 Å². The zero-order chi connectivity index (χ0) is 19.7. The summed E-state index contributed by atoms with van der Waals surface area (Å²) in [6, 6.07) is 6.69. The molecule has 0 radical (unpaired) electrons. The second kappa shape index (κ2) is 7.14. The predicted octanol–water partition coefficient (Wildman–Crippen LogP) is 2.55. The number of rotatable bonds is 5. The van der Waals surface area contributed by atoms with Crippen LogP contribution in [0.25, 0.3) is 17.1 Å². The summed E-state index contributed by atoms with van der Waals surface area (Å²) in [4.78, 5) is 16.4. The number of hydrogen-bond acceptors (Lipinski definition) is 6. The van der Waals surface area contributed by atoms with Crippen molar-refractivity contribution in [1.82, 2.24) is 30.1 Å². The van der Waals surface area contributed by atoms with Gasteiger partial charge in [-0.1, -0.05) is 18.1 Å². The third kappa shape index (κ3) is 3.20. The van der Waals surface area contributed by atoms with Crippen molar-refractivity contribution in [3.8, 4) is 11.5 Å². The molecule has 3 aromatic heterocycles. The lowest BCUT2D eigenvalue weighted by Crippen LogP contribution is -2.26. The highest BCUT2D eigenvalue weighted by molar-refractivity contribution is 5.94. The van der Waals surface area contributed by atoms with Crippen LogP contribution in [0, 0.1) is 11.6 Å². The molecule has 0 atom stereocenters. The molecule has 28 heavy (non-hydrogen) atoms. The second-order valence-corrected chi connectivity index (χ2v) is 5.91. The van der Waals surface area contributed by atoms with E-state index in [1.54, 1.807) is 22.7 Å². The molecule has 3 heterocycles. The van der Waals surface area contributed by atoms with E-state index >= 15 is 0 Å². The Morgan fingerprint density at radius 2 is 2.00 bits per heavy atom. The van der Waals surface area contributed by atoms with Crippen molar-refractivity contribution in [1.29, 1.82) is 0 Å². The summed E-state index contributed by atoms with van der Waals surface area (Å²) in [5.41, 5.74) is 0.535. The Morgan fingerprint density at radius 3 is 2.71 bits per heavy atom. The molecule has 0 aliphatic heterocycles. The lowest BCUT2D eigenvalue weighted by molar-refractivity contribution is 0.0941. The van der Waals surface area contributed by atoms with Crippen LogP contribution < -0.4 is 5.32 Å². The number of carbonyl (C=O) groups is 1. The van der Waals surface area contributed by atoms with Crippen LogP contribution in [-0.4, -0.2) is 30.6 Å². The first-order valence-electron chi connectivity index (χ1n) is 8.45. The highest BCUT2D eigenvalue weighted by Gasteiger charge is 2.18. The van der Waals surface area contributed by atoms with Crippen LogP contribution in [0.2, 0.25) is 0 Å². The number of amides is 1. The Kier molecular flexibility index (Phi) is 4.52. The van der Waals surface area contributed by atoms with E-state index in [0.717, 1.165) is 12.1 Å². The Balaban J connectivity index is 1.54.